The summed E-state index contributed by atoms with van der Waals surface area (Å²) in [6, 6.07) is 0. The Morgan fingerprint density at radius 1 is 1.39 bits per heavy atom. The van der Waals surface area contributed by atoms with Crippen molar-refractivity contribution in [1.82, 2.24) is 10.2 Å². The fourth-order valence-corrected chi connectivity index (χ4v) is 1.47. The molecule has 1 unspecified atom stereocenters. The molecule has 6 nitrogen and oxygen atoms in total. The van der Waals surface area contributed by atoms with Crippen LogP contribution in [0.3, 0.4) is 0 Å². The molecule has 0 aliphatic rings. The predicted octanol–water partition coefficient (Wildman–Crippen LogP) is -0.241. The molecule has 0 fully saturated rings. The third-order valence-corrected chi connectivity index (χ3v) is 2.22. The molecule has 0 aliphatic carbocycles. The molecular weight excluding hydrogens is 236 g/mol. The highest BCUT2D eigenvalue weighted by atomic mass is 16.5. The van der Waals surface area contributed by atoms with Gasteiger partial charge < -0.3 is 15.2 Å². The first-order valence-electron chi connectivity index (χ1n) is 6.28. The fourth-order valence-electron chi connectivity index (χ4n) is 1.47. The lowest BCUT2D eigenvalue weighted by molar-refractivity contribution is -0.145. The van der Waals surface area contributed by atoms with Crippen LogP contribution in [0.1, 0.15) is 26.7 Å². The topological polar surface area (TPSA) is 78.9 Å². The molecule has 0 rings (SSSR count). The molecule has 0 heterocycles. The lowest BCUT2D eigenvalue weighted by Crippen LogP contribution is -2.39. The minimum Gasteiger partial charge on any atom is -0.466 e. The molecule has 0 saturated carbocycles. The van der Waals surface area contributed by atoms with Gasteiger partial charge in [-0.3, -0.25) is 14.5 Å². The summed E-state index contributed by atoms with van der Waals surface area (Å²) in [7, 11) is 1.72. The number of amides is 1. The molecular formula is C12H24N2O4. The van der Waals surface area contributed by atoms with E-state index in [9.17, 15) is 14.7 Å². The molecule has 0 aromatic carbocycles. The average molecular weight is 260 g/mol. The number of hydrogen-bond acceptors (Lipinski definition) is 5. The molecule has 106 valence electrons. The number of ether oxygens (including phenoxy) is 1. The van der Waals surface area contributed by atoms with Crippen LogP contribution in [0.5, 0.6) is 0 Å². The summed E-state index contributed by atoms with van der Waals surface area (Å²) in [6.07, 6.45) is 0.0309. The number of hydrogen-bond donors (Lipinski definition) is 2. The summed E-state index contributed by atoms with van der Waals surface area (Å²) < 4.78 is 4.73. The molecule has 2 N–H and O–H groups in total. The van der Waals surface area contributed by atoms with E-state index in [1.54, 1.807) is 18.9 Å². The van der Waals surface area contributed by atoms with Crippen molar-refractivity contribution >= 4 is 11.9 Å². The SMILES string of the molecule is CCCNC(=O)CN(C)CC(O)CC(=O)OCC. The van der Waals surface area contributed by atoms with Gasteiger partial charge in [-0.05, 0) is 20.4 Å². The lowest BCUT2D eigenvalue weighted by Gasteiger charge is -2.19. The maximum absolute atomic E-state index is 11.4. The monoisotopic (exact) mass is 260 g/mol. The van der Waals surface area contributed by atoms with Crippen LogP contribution in [-0.2, 0) is 14.3 Å². The Morgan fingerprint density at radius 3 is 2.61 bits per heavy atom. The van der Waals surface area contributed by atoms with Gasteiger partial charge in [-0.2, -0.15) is 0 Å². The number of likely N-dealkylation sites (N-methyl/N-ethyl adjacent to an activating group) is 1. The van der Waals surface area contributed by atoms with Gasteiger partial charge in [0.1, 0.15) is 0 Å². The smallest absolute Gasteiger partial charge is 0.308 e. The van der Waals surface area contributed by atoms with E-state index in [0.717, 1.165) is 6.42 Å². The summed E-state index contributed by atoms with van der Waals surface area (Å²) >= 11 is 0. The van der Waals surface area contributed by atoms with Gasteiger partial charge in [0.2, 0.25) is 5.91 Å². The second kappa shape index (κ2) is 9.85. The second-order valence-corrected chi connectivity index (χ2v) is 4.21. The van der Waals surface area contributed by atoms with Crippen LogP contribution in [0.25, 0.3) is 0 Å². The van der Waals surface area contributed by atoms with Crippen molar-refractivity contribution in [2.75, 3.05) is 33.3 Å². The second-order valence-electron chi connectivity index (χ2n) is 4.21. The van der Waals surface area contributed by atoms with Crippen LogP contribution in [-0.4, -0.2) is 61.3 Å². The van der Waals surface area contributed by atoms with Gasteiger partial charge >= 0.3 is 5.97 Å². The van der Waals surface area contributed by atoms with Crippen LogP contribution >= 0.6 is 0 Å². The molecule has 0 saturated heterocycles. The summed E-state index contributed by atoms with van der Waals surface area (Å²) in [4.78, 5) is 24.2. The molecule has 0 spiro atoms. The van der Waals surface area contributed by atoms with E-state index in [1.807, 2.05) is 6.92 Å². The normalized spacial score (nSPS) is 12.3. The van der Waals surface area contributed by atoms with Gasteiger partial charge in [-0.25, -0.2) is 0 Å². The molecule has 6 heteroatoms. The molecule has 0 aromatic heterocycles. The van der Waals surface area contributed by atoms with Crippen LogP contribution in [0.2, 0.25) is 0 Å². The van der Waals surface area contributed by atoms with Gasteiger partial charge in [0.25, 0.3) is 0 Å². The molecule has 18 heavy (non-hydrogen) atoms. The number of rotatable bonds is 9. The number of nitrogens with one attached hydrogen (secondary N) is 1. The third-order valence-electron chi connectivity index (χ3n) is 2.22. The first kappa shape index (κ1) is 16.9. The van der Waals surface area contributed by atoms with Crippen molar-refractivity contribution < 1.29 is 19.4 Å². The van der Waals surface area contributed by atoms with E-state index in [2.05, 4.69) is 5.32 Å². The van der Waals surface area contributed by atoms with Gasteiger partial charge in [-0.1, -0.05) is 6.92 Å². The van der Waals surface area contributed by atoms with E-state index in [4.69, 9.17) is 4.74 Å². The highest BCUT2D eigenvalue weighted by molar-refractivity contribution is 5.77. The maximum atomic E-state index is 11.4. The maximum Gasteiger partial charge on any atom is 0.308 e. The zero-order valence-electron chi connectivity index (χ0n) is 11.4. The highest BCUT2D eigenvalue weighted by Gasteiger charge is 2.15. The van der Waals surface area contributed by atoms with E-state index in [-0.39, 0.29) is 25.4 Å². The van der Waals surface area contributed by atoms with Gasteiger partial charge in [0.15, 0.2) is 0 Å². The van der Waals surface area contributed by atoms with E-state index < -0.39 is 12.1 Å². The minimum atomic E-state index is -0.812. The Hall–Kier alpha value is -1.14. The Bertz CT molecular complexity index is 258. The number of nitrogens with zero attached hydrogens (tertiary/aromatic N) is 1. The zero-order valence-corrected chi connectivity index (χ0v) is 11.4. The fraction of sp³-hybridized carbons (Fsp3) is 0.833. The molecule has 0 aliphatic heterocycles. The number of aliphatic hydroxyl groups is 1. The number of carbonyl (C=O) groups is 2. The predicted molar refractivity (Wildman–Crippen MR) is 68.1 cm³/mol. The van der Waals surface area contributed by atoms with Crippen LogP contribution in [0.15, 0.2) is 0 Å². The Kier molecular flexibility index (Phi) is 9.22. The van der Waals surface area contributed by atoms with Crippen molar-refractivity contribution in [3.05, 3.63) is 0 Å². The van der Waals surface area contributed by atoms with E-state index in [0.29, 0.717) is 13.2 Å². The third kappa shape index (κ3) is 8.95. The standard InChI is InChI=1S/C12H24N2O4/c1-4-6-13-11(16)9-14(3)8-10(15)7-12(17)18-5-2/h10,15H,4-9H2,1-3H3,(H,13,16). The highest BCUT2D eigenvalue weighted by Crippen LogP contribution is 1.97. The molecule has 1 atom stereocenters. The quantitative estimate of drug-likeness (QED) is 0.559. The summed E-state index contributed by atoms with van der Waals surface area (Å²) in [5, 5.41) is 12.4. The van der Waals surface area contributed by atoms with Crippen molar-refractivity contribution in [3.8, 4) is 0 Å². The summed E-state index contributed by atoms with van der Waals surface area (Å²) in [5.74, 6) is -0.503. The Balaban J connectivity index is 3.82. The van der Waals surface area contributed by atoms with E-state index in [1.165, 1.54) is 0 Å². The van der Waals surface area contributed by atoms with Gasteiger partial charge in [0.05, 0.1) is 25.7 Å². The van der Waals surface area contributed by atoms with Crippen molar-refractivity contribution in [3.63, 3.8) is 0 Å². The van der Waals surface area contributed by atoms with Gasteiger partial charge in [0, 0.05) is 13.1 Å². The lowest BCUT2D eigenvalue weighted by atomic mass is 10.2. The number of carbonyl (C=O) groups excluding carboxylic acids is 2. The van der Waals surface area contributed by atoms with Crippen molar-refractivity contribution in [2.45, 2.75) is 32.8 Å². The average Bonchev–Trinajstić information content (AvgIpc) is 2.25. The molecule has 1 amide bonds. The zero-order chi connectivity index (χ0) is 14.0. The first-order valence-corrected chi connectivity index (χ1v) is 6.28. The van der Waals surface area contributed by atoms with E-state index >= 15 is 0 Å². The number of esters is 1. The largest absolute Gasteiger partial charge is 0.466 e. The van der Waals surface area contributed by atoms with Crippen LogP contribution in [0, 0.1) is 0 Å². The first-order chi connectivity index (χ1) is 8.49. The summed E-state index contributed by atoms with van der Waals surface area (Å²) in [6.45, 7) is 5.12. The Labute approximate surface area is 108 Å². The molecule has 0 bridgehead atoms. The Morgan fingerprint density at radius 2 is 2.06 bits per heavy atom. The van der Waals surface area contributed by atoms with Crippen molar-refractivity contribution in [1.29, 1.82) is 0 Å². The molecule has 0 aromatic rings. The summed E-state index contributed by atoms with van der Waals surface area (Å²) in [5.41, 5.74) is 0. The minimum absolute atomic E-state index is 0.0469. The number of aliphatic hydroxyl groups excluding tert-OH is 1. The molecule has 0 radical (unpaired) electrons. The van der Waals surface area contributed by atoms with Crippen molar-refractivity contribution in [2.24, 2.45) is 0 Å². The van der Waals surface area contributed by atoms with Gasteiger partial charge in [-0.15, -0.1) is 0 Å². The van der Waals surface area contributed by atoms with Crippen LogP contribution < -0.4 is 5.32 Å². The van der Waals surface area contributed by atoms with Crippen LogP contribution in [0.4, 0.5) is 0 Å².